The number of hydrogen-bond acceptors (Lipinski definition) is 7. The summed E-state index contributed by atoms with van der Waals surface area (Å²) in [4.78, 5) is 11.6. The van der Waals surface area contributed by atoms with Gasteiger partial charge in [0.05, 0.1) is 33.5 Å². The van der Waals surface area contributed by atoms with Crippen LogP contribution in [0.1, 0.15) is 27.0 Å². The molecule has 0 atom stereocenters. The van der Waals surface area contributed by atoms with Crippen LogP contribution in [0.15, 0.2) is 97.1 Å². The van der Waals surface area contributed by atoms with Crippen LogP contribution in [-0.2, 0) is 24.6 Å². The Morgan fingerprint density at radius 2 is 1.05 bits per heavy atom. The summed E-state index contributed by atoms with van der Waals surface area (Å²) < 4.78 is 26.4. The molecule has 7 nitrogen and oxygen atoms in total. The molecule has 0 heterocycles. The molecule has 0 amide bonds. The Hall–Kier alpha value is -4.49. The highest BCUT2D eigenvalue weighted by atomic mass is 16.5. The number of esters is 1. The second-order valence-electron chi connectivity index (χ2n) is 8.11. The molecule has 0 aliphatic heterocycles. The maximum Gasteiger partial charge on any atom is 0.338 e. The zero-order valence-electron chi connectivity index (χ0n) is 21.8. The first-order valence-electron chi connectivity index (χ1n) is 11.9. The van der Waals surface area contributed by atoms with E-state index < -0.39 is 5.97 Å². The number of carbonyl (C=O) groups excluding carboxylic acids is 1. The van der Waals surface area contributed by atoms with Crippen LogP contribution >= 0.6 is 0 Å². The first kappa shape index (κ1) is 28.1. The van der Waals surface area contributed by atoms with E-state index in [1.165, 1.54) is 14.2 Å². The standard InChI is InChI=1S/C16H16O4.C15H16O3/c1-18-14-8-13(16(17)19-2)9-15(10-14)20-11-12-6-4-3-5-7-12;1-17-14-7-13(10-16)8-15(9-14)18-11-12-5-3-2-4-6-12/h3-10H,11H2,1-2H3;2-9,16H,10-11H2,1H3. The first-order chi connectivity index (χ1) is 18.5. The Labute approximate surface area is 223 Å². The van der Waals surface area contributed by atoms with Gasteiger partial charge in [-0.3, -0.25) is 0 Å². The lowest BCUT2D eigenvalue weighted by atomic mass is 10.2. The van der Waals surface area contributed by atoms with Crippen LogP contribution in [0.3, 0.4) is 0 Å². The molecule has 198 valence electrons. The molecule has 1 N–H and O–H groups in total. The third kappa shape index (κ3) is 8.87. The molecule has 0 spiro atoms. The van der Waals surface area contributed by atoms with Crippen molar-refractivity contribution in [3.63, 3.8) is 0 Å². The van der Waals surface area contributed by atoms with Gasteiger partial charge in [-0.15, -0.1) is 0 Å². The molecule has 0 saturated carbocycles. The first-order valence-corrected chi connectivity index (χ1v) is 11.9. The van der Waals surface area contributed by atoms with Crippen molar-refractivity contribution in [2.75, 3.05) is 21.3 Å². The number of rotatable bonds is 10. The van der Waals surface area contributed by atoms with Crippen molar-refractivity contribution in [2.24, 2.45) is 0 Å². The summed E-state index contributed by atoms with van der Waals surface area (Å²) in [7, 11) is 4.47. The molecular weight excluding hydrogens is 484 g/mol. The second kappa shape index (κ2) is 14.9. The third-order valence-corrected chi connectivity index (χ3v) is 5.39. The minimum atomic E-state index is -0.423. The number of methoxy groups -OCH3 is 3. The quantitative estimate of drug-likeness (QED) is 0.266. The van der Waals surface area contributed by atoms with Gasteiger partial charge in [-0.25, -0.2) is 4.79 Å². The summed E-state index contributed by atoms with van der Waals surface area (Å²) in [6.45, 7) is 0.895. The molecule has 7 heteroatoms. The van der Waals surface area contributed by atoms with E-state index in [0.717, 1.165) is 16.7 Å². The predicted octanol–water partition coefficient (Wildman–Crippen LogP) is 5.83. The Kier molecular flexibility index (Phi) is 11.0. The largest absolute Gasteiger partial charge is 0.497 e. The highest BCUT2D eigenvalue weighted by Crippen LogP contribution is 2.25. The normalized spacial score (nSPS) is 10.0. The average molecular weight is 517 g/mol. The zero-order chi connectivity index (χ0) is 27.2. The van der Waals surface area contributed by atoms with Gasteiger partial charge in [0.1, 0.15) is 36.2 Å². The topological polar surface area (TPSA) is 83.5 Å². The van der Waals surface area contributed by atoms with Crippen molar-refractivity contribution in [1.29, 1.82) is 0 Å². The summed E-state index contributed by atoms with van der Waals surface area (Å²) in [5.41, 5.74) is 3.33. The number of ether oxygens (including phenoxy) is 5. The monoisotopic (exact) mass is 516 g/mol. The fraction of sp³-hybridized carbons (Fsp3) is 0.194. The number of carbonyl (C=O) groups is 1. The van der Waals surface area contributed by atoms with Gasteiger partial charge in [0.25, 0.3) is 0 Å². The molecule has 0 bridgehead atoms. The van der Waals surface area contributed by atoms with Gasteiger partial charge in [-0.2, -0.15) is 0 Å². The lowest BCUT2D eigenvalue weighted by molar-refractivity contribution is 0.0599. The smallest absolute Gasteiger partial charge is 0.338 e. The van der Waals surface area contributed by atoms with E-state index in [0.29, 0.717) is 41.8 Å². The van der Waals surface area contributed by atoms with Crippen molar-refractivity contribution in [2.45, 2.75) is 19.8 Å². The Morgan fingerprint density at radius 3 is 1.53 bits per heavy atom. The van der Waals surface area contributed by atoms with Crippen molar-refractivity contribution in [3.8, 4) is 23.0 Å². The van der Waals surface area contributed by atoms with Crippen molar-refractivity contribution < 1.29 is 33.6 Å². The molecule has 0 fully saturated rings. The van der Waals surface area contributed by atoms with Gasteiger partial charge in [-0.1, -0.05) is 60.7 Å². The van der Waals surface area contributed by atoms with Crippen LogP contribution in [0.25, 0.3) is 0 Å². The molecule has 4 aromatic carbocycles. The van der Waals surface area contributed by atoms with Crippen molar-refractivity contribution in [3.05, 3.63) is 119 Å². The van der Waals surface area contributed by atoms with Crippen LogP contribution in [0.5, 0.6) is 23.0 Å². The fourth-order valence-electron chi connectivity index (χ4n) is 3.41. The van der Waals surface area contributed by atoms with E-state index in [2.05, 4.69) is 0 Å². The Balaban J connectivity index is 0.000000212. The van der Waals surface area contributed by atoms with Gasteiger partial charge < -0.3 is 28.8 Å². The zero-order valence-corrected chi connectivity index (χ0v) is 21.8. The summed E-state index contributed by atoms with van der Waals surface area (Å²) in [6.07, 6.45) is 0. The van der Waals surface area contributed by atoms with Gasteiger partial charge >= 0.3 is 5.97 Å². The number of aliphatic hydroxyl groups is 1. The van der Waals surface area contributed by atoms with Crippen LogP contribution in [0, 0.1) is 0 Å². The van der Waals surface area contributed by atoms with E-state index in [1.54, 1.807) is 31.4 Å². The molecule has 0 unspecified atom stereocenters. The molecule has 4 aromatic rings. The van der Waals surface area contributed by atoms with E-state index in [4.69, 9.17) is 28.8 Å². The van der Waals surface area contributed by atoms with E-state index in [-0.39, 0.29) is 6.61 Å². The van der Waals surface area contributed by atoms with Gasteiger partial charge in [0, 0.05) is 12.1 Å². The van der Waals surface area contributed by atoms with Gasteiger partial charge in [-0.05, 0) is 41.0 Å². The SMILES string of the molecule is COC(=O)c1cc(OC)cc(OCc2ccccc2)c1.COc1cc(CO)cc(OCc2ccccc2)c1. The summed E-state index contributed by atoms with van der Waals surface area (Å²) in [6, 6.07) is 30.1. The van der Waals surface area contributed by atoms with Crippen LogP contribution in [-0.4, -0.2) is 32.4 Å². The highest BCUT2D eigenvalue weighted by Gasteiger charge is 2.10. The van der Waals surface area contributed by atoms with E-state index >= 15 is 0 Å². The van der Waals surface area contributed by atoms with Gasteiger partial charge in [0.2, 0.25) is 0 Å². The maximum atomic E-state index is 11.6. The van der Waals surface area contributed by atoms with E-state index in [1.807, 2.05) is 72.8 Å². The van der Waals surface area contributed by atoms with Crippen LogP contribution < -0.4 is 18.9 Å². The van der Waals surface area contributed by atoms with Crippen LogP contribution in [0.2, 0.25) is 0 Å². The molecule has 38 heavy (non-hydrogen) atoms. The van der Waals surface area contributed by atoms with Crippen LogP contribution in [0.4, 0.5) is 0 Å². The number of hydrogen-bond donors (Lipinski definition) is 1. The Bertz CT molecular complexity index is 1250. The summed E-state index contributed by atoms with van der Waals surface area (Å²) in [5, 5.41) is 9.16. The summed E-state index contributed by atoms with van der Waals surface area (Å²) in [5.74, 6) is 2.07. The average Bonchev–Trinajstić information content (AvgIpc) is 2.99. The van der Waals surface area contributed by atoms with E-state index in [9.17, 15) is 4.79 Å². The minimum Gasteiger partial charge on any atom is -0.497 e. The minimum absolute atomic E-state index is 0.0289. The highest BCUT2D eigenvalue weighted by molar-refractivity contribution is 5.90. The molecular formula is C31H32O7. The second-order valence-corrected chi connectivity index (χ2v) is 8.11. The van der Waals surface area contributed by atoms with Crippen molar-refractivity contribution in [1.82, 2.24) is 0 Å². The molecule has 0 aromatic heterocycles. The molecule has 0 radical (unpaired) electrons. The van der Waals surface area contributed by atoms with Crippen molar-refractivity contribution >= 4 is 5.97 Å². The molecule has 4 rings (SSSR count). The number of aliphatic hydroxyl groups excluding tert-OH is 1. The predicted molar refractivity (Wildman–Crippen MR) is 145 cm³/mol. The number of benzene rings is 4. The Morgan fingerprint density at radius 1 is 0.605 bits per heavy atom. The van der Waals surface area contributed by atoms with Gasteiger partial charge in [0.15, 0.2) is 0 Å². The fourth-order valence-corrected chi connectivity index (χ4v) is 3.41. The molecule has 0 aliphatic rings. The molecule has 0 saturated heterocycles. The lowest BCUT2D eigenvalue weighted by Gasteiger charge is -2.10. The lowest BCUT2D eigenvalue weighted by Crippen LogP contribution is -2.03. The summed E-state index contributed by atoms with van der Waals surface area (Å²) >= 11 is 0. The molecule has 0 aliphatic carbocycles. The third-order valence-electron chi connectivity index (χ3n) is 5.39. The maximum absolute atomic E-state index is 11.6.